The summed E-state index contributed by atoms with van der Waals surface area (Å²) in [6, 6.07) is 0. The second-order valence-corrected chi connectivity index (χ2v) is 7.67. The molecule has 98 valence electrons. The molecule has 0 aromatic rings. The monoisotopic (exact) mass is 236 g/mol. The van der Waals surface area contributed by atoms with E-state index >= 15 is 0 Å². The molecule has 0 aromatic heterocycles. The Hall–Kier alpha value is -0.0400. The fourth-order valence-electron chi connectivity index (χ4n) is 5.41. The van der Waals surface area contributed by atoms with Gasteiger partial charge >= 0.3 is 0 Å². The Morgan fingerprint density at radius 3 is 2.41 bits per heavy atom. The van der Waals surface area contributed by atoms with Crippen LogP contribution in [-0.4, -0.2) is 10.7 Å². The highest BCUT2D eigenvalue weighted by Crippen LogP contribution is 2.60. The van der Waals surface area contributed by atoms with E-state index in [1.165, 1.54) is 38.5 Å². The Bertz CT molecular complexity index is 309. The molecule has 3 rings (SSSR count). The zero-order chi connectivity index (χ0) is 12.3. The highest BCUT2D eigenvalue weighted by atomic mass is 16.3. The lowest BCUT2D eigenvalue weighted by atomic mass is 9.50. The van der Waals surface area contributed by atoms with Crippen molar-refractivity contribution in [1.29, 1.82) is 0 Å². The van der Waals surface area contributed by atoms with Gasteiger partial charge < -0.3 is 5.11 Å². The molecule has 1 unspecified atom stereocenters. The SMILES string of the molecule is C[C@@H]1CC[C@@H]2[C@H](CCC3CCC[C@@]32O)C1(C)C. The van der Waals surface area contributed by atoms with E-state index in [9.17, 15) is 5.11 Å². The summed E-state index contributed by atoms with van der Waals surface area (Å²) in [5.41, 5.74) is 0.159. The molecular weight excluding hydrogens is 208 g/mol. The van der Waals surface area contributed by atoms with E-state index in [1.54, 1.807) is 0 Å². The predicted molar refractivity (Wildman–Crippen MR) is 70.7 cm³/mol. The second-order valence-electron chi connectivity index (χ2n) is 7.67. The Labute approximate surface area is 106 Å². The van der Waals surface area contributed by atoms with Crippen LogP contribution in [0, 0.1) is 29.1 Å². The van der Waals surface area contributed by atoms with Gasteiger partial charge in [-0.05, 0) is 67.6 Å². The highest BCUT2D eigenvalue weighted by molar-refractivity contribution is 5.07. The first-order valence-corrected chi connectivity index (χ1v) is 7.68. The molecule has 0 spiro atoms. The number of rotatable bonds is 0. The average molecular weight is 236 g/mol. The van der Waals surface area contributed by atoms with E-state index in [-0.39, 0.29) is 5.60 Å². The third-order valence-electron chi connectivity index (χ3n) is 6.93. The molecule has 0 amide bonds. The van der Waals surface area contributed by atoms with Gasteiger partial charge in [0.15, 0.2) is 0 Å². The van der Waals surface area contributed by atoms with Crippen LogP contribution in [-0.2, 0) is 0 Å². The lowest BCUT2D eigenvalue weighted by Gasteiger charge is -2.57. The molecular formula is C16H28O. The maximum absolute atomic E-state index is 11.1. The van der Waals surface area contributed by atoms with E-state index in [0.717, 1.165) is 18.3 Å². The Morgan fingerprint density at radius 1 is 0.941 bits per heavy atom. The van der Waals surface area contributed by atoms with E-state index in [0.29, 0.717) is 17.3 Å². The molecule has 1 N–H and O–H groups in total. The summed E-state index contributed by atoms with van der Waals surface area (Å²) in [5, 5.41) is 11.1. The van der Waals surface area contributed by atoms with Crippen molar-refractivity contribution < 1.29 is 5.11 Å². The Balaban J connectivity index is 1.92. The van der Waals surface area contributed by atoms with Crippen LogP contribution >= 0.6 is 0 Å². The van der Waals surface area contributed by atoms with E-state index in [1.807, 2.05) is 0 Å². The summed E-state index contributed by atoms with van der Waals surface area (Å²) in [6.45, 7) is 7.32. The van der Waals surface area contributed by atoms with Crippen molar-refractivity contribution in [2.75, 3.05) is 0 Å². The average Bonchev–Trinajstić information content (AvgIpc) is 2.65. The van der Waals surface area contributed by atoms with Crippen molar-refractivity contribution >= 4 is 0 Å². The van der Waals surface area contributed by atoms with Crippen molar-refractivity contribution in [1.82, 2.24) is 0 Å². The molecule has 3 fully saturated rings. The van der Waals surface area contributed by atoms with Gasteiger partial charge in [-0.25, -0.2) is 0 Å². The molecule has 3 aliphatic carbocycles. The largest absolute Gasteiger partial charge is 0.389 e. The topological polar surface area (TPSA) is 20.2 Å². The summed E-state index contributed by atoms with van der Waals surface area (Å²) in [4.78, 5) is 0. The quantitative estimate of drug-likeness (QED) is 0.674. The minimum absolute atomic E-state index is 0.277. The summed E-state index contributed by atoms with van der Waals surface area (Å²) in [7, 11) is 0. The van der Waals surface area contributed by atoms with Crippen LogP contribution in [0.3, 0.4) is 0 Å². The maximum atomic E-state index is 11.1. The number of fused-ring (bicyclic) bond motifs is 3. The first kappa shape index (κ1) is 12.0. The third kappa shape index (κ3) is 1.54. The summed E-state index contributed by atoms with van der Waals surface area (Å²) in [5.74, 6) is 2.83. The molecule has 1 heteroatoms. The fourth-order valence-corrected chi connectivity index (χ4v) is 5.41. The standard InChI is InChI=1S/C16H28O/c1-11-6-8-14-13(15(11,2)3)9-7-12-5-4-10-16(12,14)17/h11-14,17H,4-10H2,1-3H3/t11-,12?,13+,14-,16-/m1/s1. The van der Waals surface area contributed by atoms with Crippen molar-refractivity contribution in [3.8, 4) is 0 Å². The molecule has 0 heterocycles. The Morgan fingerprint density at radius 2 is 1.65 bits per heavy atom. The lowest BCUT2D eigenvalue weighted by Crippen LogP contribution is -2.55. The highest BCUT2D eigenvalue weighted by Gasteiger charge is 2.57. The number of aliphatic hydroxyl groups is 1. The van der Waals surface area contributed by atoms with Crippen LogP contribution < -0.4 is 0 Å². The van der Waals surface area contributed by atoms with Crippen LogP contribution in [0.25, 0.3) is 0 Å². The Kier molecular flexibility index (Phi) is 2.63. The third-order valence-corrected chi connectivity index (χ3v) is 6.93. The fraction of sp³-hybridized carbons (Fsp3) is 1.00. The van der Waals surface area contributed by atoms with E-state index < -0.39 is 0 Å². The first-order valence-electron chi connectivity index (χ1n) is 7.68. The van der Waals surface area contributed by atoms with Gasteiger partial charge in [-0.1, -0.05) is 27.2 Å². The molecule has 0 saturated heterocycles. The van der Waals surface area contributed by atoms with Crippen molar-refractivity contribution in [3.63, 3.8) is 0 Å². The molecule has 3 saturated carbocycles. The minimum atomic E-state index is -0.277. The molecule has 17 heavy (non-hydrogen) atoms. The van der Waals surface area contributed by atoms with Crippen LogP contribution in [0.1, 0.15) is 65.7 Å². The summed E-state index contributed by atoms with van der Waals surface area (Å²) in [6.07, 6.45) is 8.90. The number of hydrogen-bond acceptors (Lipinski definition) is 1. The van der Waals surface area contributed by atoms with Crippen LogP contribution in [0.4, 0.5) is 0 Å². The van der Waals surface area contributed by atoms with Gasteiger partial charge in [-0.2, -0.15) is 0 Å². The predicted octanol–water partition coefficient (Wildman–Crippen LogP) is 4.00. The zero-order valence-corrected chi connectivity index (χ0v) is 11.7. The van der Waals surface area contributed by atoms with E-state index in [4.69, 9.17) is 0 Å². The van der Waals surface area contributed by atoms with Gasteiger partial charge in [0, 0.05) is 0 Å². The molecule has 3 aliphatic rings. The van der Waals surface area contributed by atoms with Gasteiger partial charge in [-0.15, -0.1) is 0 Å². The smallest absolute Gasteiger partial charge is 0.0706 e. The van der Waals surface area contributed by atoms with Gasteiger partial charge in [0.25, 0.3) is 0 Å². The summed E-state index contributed by atoms with van der Waals surface area (Å²) < 4.78 is 0. The van der Waals surface area contributed by atoms with Crippen LogP contribution in [0.5, 0.6) is 0 Å². The number of hydrogen-bond donors (Lipinski definition) is 1. The molecule has 0 radical (unpaired) electrons. The first-order chi connectivity index (χ1) is 7.96. The van der Waals surface area contributed by atoms with Crippen molar-refractivity contribution in [3.05, 3.63) is 0 Å². The van der Waals surface area contributed by atoms with Crippen molar-refractivity contribution in [2.24, 2.45) is 29.1 Å². The molecule has 0 aliphatic heterocycles. The van der Waals surface area contributed by atoms with Gasteiger partial charge in [0.1, 0.15) is 0 Å². The van der Waals surface area contributed by atoms with Gasteiger partial charge in [0.2, 0.25) is 0 Å². The van der Waals surface area contributed by atoms with E-state index in [2.05, 4.69) is 20.8 Å². The van der Waals surface area contributed by atoms with Crippen LogP contribution in [0.15, 0.2) is 0 Å². The maximum Gasteiger partial charge on any atom is 0.0706 e. The normalized spacial score (nSPS) is 52.9. The zero-order valence-electron chi connectivity index (χ0n) is 11.7. The van der Waals surface area contributed by atoms with Crippen LogP contribution in [0.2, 0.25) is 0 Å². The molecule has 5 atom stereocenters. The lowest BCUT2D eigenvalue weighted by molar-refractivity contribution is -0.153. The minimum Gasteiger partial charge on any atom is -0.389 e. The second kappa shape index (κ2) is 3.73. The van der Waals surface area contributed by atoms with Gasteiger partial charge in [0.05, 0.1) is 5.60 Å². The molecule has 0 aromatic carbocycles. The molecule has 1 nitrogen and oxygen atoms in total. The molecule has 0 bridgehead atoms. The van der Waals surface area contributed by atoms with Gasteiger partial charge in [-0.3, -0.25) is 0 Å². The summed E-state index contributed by atoms with van der Waals surface area (Å²) >= 11 is 0. The van der Waals surface area contributed by atoms with Crippen molar-refractivity contribution in [2.45, 2.75) is 71.3 Å².